The molecule has 0 saturated carbocycles. The third-order valence-electron chi connectivity index (χ3n) is 4.00. The number of aromatic nitrogens is 1. The molecule has 1 aliphatic carbocycles. The van der Waals surface area contributed by atoms with Crippen LogP contribution < -0.4 is 0 Å². The first-order chi connectivity index (χ1) is 8.62. The fourth-order valence-electron chi connectivity index (χ4n) is 3.32. The predicted octanol–water partition coefficient (Wildman–Crippen LogP) is 2.79. The lowest BCUT2D eigenvalue weighted by Gasteiger charge is -2.22. The maximum absolute atomic E-state index is 5.99. The molecule has 1 aromatic heterocycles. The van der Waals surface area contributed by atoms with Crippen LogP contribution in [0, 0.1) is 0 Å². The fraction of sp³-hybridized carbons (Fsp3) is 0.467. The van der Waals surface area contributed by atoms with Gasteiger partial charge >= 0.3 is 0 Å². The van der Waals surface area contributed by atoms with Crippen molar-refractivity contribution in [3.8, 4) is 0 Å². The van der Waals surface area contributed by atoms with Gasteiger partial charge in [0.2, 0.25) is 0 Å². The minimum atomic E-state index is -0.436. The number of hydrogen-bond acceptors (Lipinski definition) is 2. The molecule has 2 heterocycles. The maximum Gasteiger partial charge on any atom is 0.163 e. The summed E-state index contributed by atoms with van der Waals surface area (Å²) >= 11 is 0. The van der Waals surface area contributed by atoms with Gasteiger partial charge in [-0.25, -0.2) is 0 Å². The molecule has 2 aromatic rings. The summed E-state index contributed by atoms with van der Waals surface area (Å²) in [6, 6.07) is 8.49. The molecule has 1 N–H and O–H groups in total. The average Bonchev–Trinajstić information content (AvgIpc) is 2.80. The molecule has 2 aliphatic rings. The Kier molecular flexibility index (Phi) is 1.98. The Labute approximate surface area is 106 Å². The van der Waals surface area contributed by atoms with Crippen molar-refractivity contribution in [2.75, 3.05) is 0 Å². The summed E-state index contributed by atoms with van der Waals surface area (Å²) in [5, 5.41) is 1.33. The van der Waals surface area contributed by atoms with Gasteiger partial charge in [-0.15, -0.1) is 0 Å². The second-order valence-electron chi connectivity index (χ2n) is 5.75. The van der Waals surface area contributed by atoms with Gasteiger partial charge < -0.3 is 14.5 Å². The number of aromatic amines is 1. The second kappa shape index (κ2) is 3.37. The fourth-order valence-corrected chi connectivity index (χ4v) is 3.32. The standard InChI is InChI=1S/C15H17NO2/c1-15(2)17-13-7-10-9-5-3-4-6-11(9)16-12(10)8-14(13)18-15/h3-6,13-14,16H,7-8H2,1-2H3/t13-,14+/m0/s1. The van der Waals surface area contributed by atoms with Gasteiger partial charge in [0, 0.05) is 29.4 Å². The first-order valence-corrected chi connectivity index (χ1v) is 6.56. The molecule has 0 unspecified atom stereocenters. The summed E-state index contributed by atoms with van der Waals surface area (Å²) in [5.41, 5.74) is 3.95. The summed E-state index contributed by atoms with van der Waals surface area (Å²) in [7, 11) is 0. The van der Waals surface area contributed by atoms with E-state index in [-0.39, 0.29) is 12.2 Å². The number of benzene rings is 1. The first-order valence-electron chi connectivity index (χ1n) is 6.56. The van der Waals surface area contributed by atoms with Crippen LogP contribution in [0.25, 0.3) is 10.9 Å². The third kappa shape index (κ3) is 1.44. The smallest absolute Gasteiger partial charge is 0.163 e. The van der Waals surface area contributed by atoms with Crippen molar-refractivity contribution in [2.24, 2.45) is 0 Å². The van der Waals surface area contributed by atoms with Crippen LogP contribution in [-0.2, 0) is 22.3 Å². The molecule has 94 valence electrons. The molecule has 1 aromatic carbocycles. The van der Waals surface area contributed by atoms with Gasteiger partial charge in [-0.05, 0) is 25.5 Å². The topological polar surface area (TPSA) is 34.2 Å². The Bertz CT molecular complexity index is 614. The number of rotatable bonds is 0. The number of para-hydroxylation sites is 1. The van der Waals surface area contributed by atoms with Gasteiger partial charge in [0.15, 0.2) is 5.79 Å². The van der Waals surface area contributed by atoms with Gasteiger partial charge in [-0.2, -0.15) is 0 Å². The molecule has 0 bridgehead atoms. The van der Waals surface area contributed by atoms with Crippen molar-refractivity contribution in [3.05, 3.63) is 35.5 Å². The van der Waals surface area contributed by atoms with E-state index < -0.39 is 5.79 Å². The van der Waals surface area contributed by atoms with Gasteiger partial charge in [0.05, 0.1) is 12.2 Å². The molecule has 1 saturated heterocycles. The summed E-state index contributed by atoms with van der Waals surface area (Å²) in [4.78, 5) is 3.52. The van der Waals surface area contributed by atoms with Crippen LogP contribution in [0.2, 0.25) is 0 Å². The molecule has 1 fully saturated rings. The SMILES string of the molecule is CC1(C)O[C@H]2Cc3c([nH]c4ccccc34)C[C@H]2O1. The van der Waals surface area contributed by atoms with Gasteiger partial charge in [0.25, 0.3) is 0 Å². The molecule has 18 heavy (non-hydrogen) atoms. The maximum atomic E-state index is 5.99. The van der Waals surface area contributed by atoms with Gasteiger partial charge in [-0.1, -0.05) is 18.2 Å². The Morgan fingerprint density at radius 1 is 1.11 bits per heavy atom. The molecular weight excluding hydrogens is 226 g/mol. The summed E-state index contributed by atoms with van der Waals surface area (Å²) in [6.07, 6.45) is 2.28. The van der Waals surface area contributed by atoms with E-state index >= 15 is 0 Å². The summed E-state index contributed by atoms with van der Waals surface area (Å²) in [5.74, 6) is -0.436. The van der Waals surface area contributed by atoms with E-state index in [9.17, 15) is 0 Å². The van der Waals surface area contributed by atoms with E-state index in [1.54, 1.807) is 0 Å². The van der Waals surface area contributed by atoms with Crippen LogP contribution in [-0.4, -0.2) is 23.0 Å². The number of ether oxygens (including phenoxy) is 2. The largest absolute Gasteiger partial charge is 0.358 e. The monoisotopic (exact) mass is 243 g/mol. The van der Waals surface area contributed by atoms with Crippen molar-refractivity contribution in [2.45, 2.75) is 44.7 Å². The van der Waals surface area contributed by atoms with Crippen molar-refractivity contribution in [1.29, 1.82) is 0 Å². The van der Waals surface area contributed by atoms with Crippen LogP contribution >= 0.6 is 0 Å². The van der Waals surface area contributed by atoms with Crippen LogP contribution in [0.1, 0.15) is 25.1 Å². The molecule has 0 spiro atoms. The van der Waals surface area contributed by atoms with E-state index in [4.69, 9.17) is 9.47 Å². The van der Waals surface area contributed by atoms with Crippen molar-refractivity contribution in [1.82, 2.24) is 4.98 Å². The van der Waals surface area contributed by atoms with E-state index in [0.29, 0.717) is 0 Å². The lowest BCUT2D eigenvalue weighted by molar-refractivity contribution is -0.145. The Morgan fingerprint density at radius 2 is 1.83 bits per heavy atom. The molecule has 3 nitrogen and oxygen atoms in total. The molecule has 4 rings (SSSR count). The zero-order valence-electron chi connectivity index (χ0n) is 10.7. The lowest BCUT2D eigenvalue weighted by atomic mass is 9.91. The highest BCUT2D eigenvalue weighted by Crippen LogP contribution is 2.38. The first kappa shape index (κ1) is 10.6. The molecule has 3 heteroatoms. The van der Waals surface area contributed by atoms with Crippen molar-refractivity contribution < 1.29 is 9.47 Å². The predicted molar refractivity (Wildman–Crippen MR) is 69.5 cm³/mol. The number of hydrogen-bond donors (Lipinski definition) is 1. The highest BCUT2D eigenvalue weighted by molar-refractivity contribution is 5.85. The molecule has 0 radical (unpaired) electrons. The third-order valence-corrected chi connectivity index (χ3v) is 4.00. The van der Waals surface area contributed by atoms with E-state index in [1.807, 2.05) is 13.8 Å². The highest BCUT2D eigenvalue weighted by atomic mass is 16.7. The van der Waals surface area contributed by atoms with Gasteiger partial charge in [0.1, 0.15) is 0 Å². The molecular formula is C15H17NO2. The molecule has 1 aliphatic heterocycles. The van der Waals surface area contributed by atoms with Crippen LogP contribution in [0.15, 0.2) is 24.3 Å². The average molecular weight is 243 g/mol. The zero-order chi connectivity index (χ0) is 12.3. The number of fused-ring (bicyclic) bond motifs is 4. The molecule has 2 atom stereocenters. The van der Waals surface area contributed by atoms with E-state index in [0.717, 1.165) is 12.8 Å². The number of H-pyrrole nitrogens is 1. The van der Waals surface area contributed by atoms with E-state index in [2.05, 4.69) is 29.2 Å². The lowest BCUT2D eigenvalue weighted by Crippen LogP contribution is -2.31. The Balaban J connectivity index is 1.79. The minimum Gasteiger partial charge on any atom is -0.358 e. The highest BCUT2D eigenvalue weighted by Gasteiger charge is 2.44. The second-order valence-corrected chi connectivity index (χ2v) is 5.75. The Hall–Kier alpha value is -1.32. The summed E-state index contributed by atoms with van der Waals surface area (Å²) in [6.45, 7) is 4.00. The van der Waals surface area contributed by atoms with E-state index in [1.165, 1.54) is 22.2 Å². The van der Waals surface area contributed by atoms with Crippen LogP contribution in [0.3, 0.4) is 0 Å². The van der Waals surface area contributed by atoms with Crippen LogP contribution in [0.5, 0.6) is 0 Å². The van der Waals surface area contributed by atoms with Gasteiger partial charge in [-0.3, -0.25) is 0 Å². The van der Waals surface area contributed by atoms with Crippen molar-refractivity contribution in [3.63, 3.8) is 0 Å². The minimum absolute atomic E-state index is 0.195. The normalized spacial score (nSPS) is 29.2. The summed E-state index contributed by atoms with van der Waals surface area (Å²) < 4.78 is 12.0. The Morgan fingerprint density at radius 3 is 2.67 bits per heavy atom. The van der Waals surface area contributed by atoms with Crippen LogP contribution in [0.4, 0.5) is 0 Å². The zero-order valence-corrected chi connectivity index (χ0v) is 10.7. The molecule has 0 amide bonds. The quantitative estimate of drug-likeness (QED) is 0.772. The number of nitrogens with one attached hydrogen (secondary N) is 1. The van der Waals surface area contributed by atoms with Crippen molar-refractivity contribution >= 4 is 10.9 Å².